The number of nitrogens with zero attached hydrogens (tertiary/aromatic N) is 1. The first kappa shape index (κ1) is 37.4. The van der Waals surface area contributed by atoms with Crippen LogP contribution in [0.25, 0.3) is 55.3 Å². The Balaban J connectivity index is 1.07. The van der Waals surface area contributed by atoms with Gasteiger partial charge in [-0.15, -0.1) is 0 Å². The molecular formula is C63H43NO. The van der Waals surface area contributed by atoms with Crippen LogP contribution in [0, 0.1) is 0 Å². The topological polar surface area (TPSA) is 16.4 Å². The SMILES string of the molecule is CC1(c2cccc3c2oc2c(N(c4ccc(-c5ccccc5)cc4)c4ccc5c(c4)C(c4ccccc4)(c4ccccc4)c4ccccc4-5)cccc23)c2ccccc2-c2ccccc21. The molecule has 0 bridgehead atoms. The molecule has 1 aromatic heterocycles. The number of anilines is 3. The van der Waals surface area contributed by atoms with Gasteiger partial charge in [-0.25, -0.2) is 0 Å². The maximum atomic E-state index is 7.42. The molecule has 1 heterocycles. The first-order chi connectivity index (χ1) is 32.1. The van der Waals surface area contributed by atoms with Crippen LogP contribution in [0.5, 0.6) is 0 Å². The first-order valence-corrected chi connectivity index (χ1v) is 22.6. The maximum Gasteiger partial charge on any atom is 0.159 e. The predicted octanol–water partition coefficient (Wildman–Crippen LogP) is 16.4. The Kier molecular flexibility index (Phi) is 8.29. The zero-order chi connectivity index (χ0) is 43.1. The molecule has 2 nitrogen and oxygen atoms in total. The molecule has 11 aromatic rings. The summed E-state index contributed by atoms with van der Waals surface area (Å²) in [6, 6.07) is 88.8. The maximum absolute atomic E-state index is 7.42. The van der Waals surface area contributed by atoms with Crippen molar-refractivity contribution in [3.8, 4) is 33.4 Å². The molecular weight excluding hydrogens is 787 g/mol. The van der Waals surface area contributed by atoms with Gasteiger partial charge in [0.05, 0.1) is 11.1 Å². The van der Waals surface area contributed by atoms with Crippen molar-refractivity contribution in [1.29, 1.82) is 0 Å². The highest BCUT2D eigenvalue weighted by Gasteiger charge is 2.47. The molecule has 306 valence electrons. The molecule has 0 aliphatic heterocycles. The molecule has 0 spiro atoms. The number of hydrogen-bond donors (Lipinski definition) is 0. The van der Waals surface area contributed by atoms with E-state index in [4.69, 9.17) is 4.42 Å². The molecule has 0 atom stereocenters. The zero-order valence-corrected chi connectivity index (χ0v) is 35.9. The fourth-order valence-electron chi connectivity index (χ4n) is 11.6. The Hall–Kier alpha value is -8.20. The molecule has 0 unspecified atom stereocenters. The van der Waals surface area contributed by atoms with E-state index in [1.54, 1.807) is 0 Å². The van der Waals surface area contributed by atoms with Gasteiger partial charge in [0.15, 0.2) is 5.58 Å². The molecule has 0 radical (unpaired) electrons. The van der Waals surface area contributed by atoms with Crippen LogP contribution in [0.1, 0.15) is 45.9 Å². The molecule has 2 aliphatic carbocycles. The van der Waals surface area contributed by atoms with Gasteiger partial charge in [0.1, 0.15) is 5.58 Å². The Morgan fingerprint density at radius 3 is 1.43 bits per heavy atom. The standard InChI is InChI=1S/C63H43NO/c1-62(54-30-14-11-25-48(54)49-26-12-15-31-55(49)62)57-33-17-28-52-53-29-18-34-59(61(53)65-60(52)57)64(46-37-35-43(36-38-46)42-19-5-2-6-20-42)47-39-40-51-50-27-13-16-32-56(50)63(58(51)41-47,44-21-7-3-8-22-44)45-23-9-4-10-24-45/h2-41H,1H3. The summed E-state index contributed by atoms with van der Waals surface area (Å²) < 4.78 is 7.42. The molecule has 13 rings (SSSR count). The molecule has 0 fully saturated rings. The molecule has 10 aromatic carbocycles. The summed E-state index contributed by atoms with van der Waals surface area (Å²) in [7, 11) is 0. The minimum Gasteiger partial charge on any atom is -0.454 e. The number of fused-ring (bicyclic) bond motifs is 9. The number of para-hydroxylation sites is 2. The highest BCUT2D eigenvalue weighted by atomic mass is 16.3. The van der Waals surface area contributed by atoms with E-state index >= 15 is 0 Å². The van der Waals surface area contributed by atoms with Gasteiger partial charge in [-0.2, -0.15) is 0 Å². The van der Waals surface area contributed by atoms with Crippen LogP contribution in [0.2, 0.25) is 0 Å². The van der Waals surface area contributed by atoms with Crippen molar-refractivity contribution in [3.05, 3.63) is 282 Å². The lowest BCUT2D eigenvalue weighted by Crippen LogP contribution is -2.28. The van der Waals surface area contributed by atoms with Crippen molar-refractivity contribution in [1.82, 2.24) is 0 Å². The second kappa shape index (κ2) is 14.4. The third-order valence-corrected chi connectivity index (χ3v) is 14.4. The van der Waals surface area contributed by atoms with E-state index in [1.807, 2.05) is 0 Å². The second-order valence-corrected chi connectivity index (χ2v) is 17.7. The number of rotatable bonds is 7. The largest absolute Gasteiger partial charge is 0.454 e. The highest BCUT2D eigenvalue weighted by Crippen LogP contribution is 2.58. The average molecular weight is 830 g/mol. The van der Waals surface area contributed by atoms with Crippen LogP contribution < -0.4 is 4.90 Å². The van der Waals surface area contributed by atoms with Crippen LogP contribution in [0.15, 0.2) is 247 Å². The van der Waals surface area contributed by atoms with Crippen LogP contribution >= 0.6 is 0 Å². The zero-order valence-electron chi connectivity index (χ0n) is 35.9. The van der Waals surface area contributed by atoms with Gasteiger partial charge in [0.2, 0.25) is 0 Å². The van der Waals surface area contributed by atoms with Crippen molar-refractivity contribution in [2.24, 2.45) is 0 Å². The monoisotopic (exact) mass is 829 g/mol. The quantitative estimate of drug-likeness (QED) is 0.159. The number of benzene rings is 10. The molecule has 0 saturated carbocycles. The summed E-state index contributed by atoms with van der Waals surface area (Å²) >= 11 is 0. The van der Waals surface area contributed by atoms with Crippen LogP contribution in [-0.4, -0.2) is 0 Å². The Bertz CT molecular complexity index is 3520. The van der Waals surface area contributed by atoms with Crippen LogP contribution in [0.4, 0.5) is 17.1 Å². The van der Waals surface area contributed by atoms with E-state index in [2.05, 4.69) is 254 Å². The summed E-state index contributed by atoms with van der Waals surface area (Å²) in [5.41, 5.74) is 20.1. The fraction of sp³-hybridized carbons (Fsp3) is 0.0476. The summed E-state index contributed by atoms with van der Waals surface area (Å²) in [6.07, 6.45) is 0. The van der Waals surface area contributed by atoms with Gasteiger partial charge in [-0.3, -0.25) is 0 Å². The minimum atomic E-state index is -0.545. The van der Waals surface area contributed by atoms with Crippen LogP contribution in [0.3, 0.4) is 0 Å². The van der Waals surface area contributed by atoms with Crippen molar-refractivity contribution < 1.29 is 4.42 Å². The van der Waals surface area contributed by atoms with Crippen molar-refractivity contribution in [2.75, 3.05) is 4.90 Å². The Morgan fingerprint density at radius 2 is 0.800 bits per heavy atom. The van der Waals surface area contributed by atoms with E-state index in [0.717, 1.165) is 39.0 Å². The summed E-state index contributed by atoms with van der Waals surface area (Å²) in [6.45, 7) is 2.37. The van der Waals surface area contributed by atoms with E-state index in [9.17, 15) is 0 Å². The summed E-state index contributed by atoms with van der Waals surface area (Å²) in [4.78, 5) is 2.41. The van der Waals surface area contributed by atoms with Crippen molar-refractivity contribution >= 4 is 39.0 Å². The van der Waals surface area contributed by atoms with Gasteiger partial charge in [0, 0.05) is 33.1 Å². The normalized spacial score (nSPS) is 13.9. The molecule has 0 saturated heterocycles. The van der Waals surface area contributed by atoms with Gasteiger partial charge in [0.25, 0.3) is 0 Å². The minimum absolute atomic E-state index is 0.416. The molecule has 65 heavy (non-hydrogen) atoms. The van der Waals surface area contributed by atoms with E-state index in [1.165, 1.54) is 72.3 Å². The lowest BCUT2D eigenvalue weighted by Gasteiger charge is -2.35. The van der Waals surface area contributed by atoms with E-state index in [-0.39, 0.29) is 0 Å². The first-order valence-electron chi connectivity index (χ1n) is 22.6. The van der Waals surface area contributed by atoms with Gasteiger partial charge in [-0.05, 0) is 104 Å². The average Bonchev–Trinajstić information content (AvgIpc) is 4.00. The molecule has 0 amide bonds. The van der Waals surface area contributed by atoms with Gasteiger partial charge >= 0.3 is 0 Å². The lowest BCUT2D eigenvalue weighted by atomic mass is 9.67. The predicted molar refractivity (Wildman–Crippen MR) is 269 cm³/mol. The van der Waals surface area contributed by atoms with Gasteiger partial charge in [-0.1, -0.05) is 212 Å². The summed E-state index contributed by atoms with van der Waals surface area (Å²) in [5.74, 6) is 0. The fourth-order valence-corrected chi connectivity index (χ4v) is 11.6. The third-order valence-electron chi connectivity index (χ3n) is 14.4. The van der Waals surface area contributed by atoms with Gasteiger partial charge < -0.3 is 9.32 Å². The molecule has 2 aliphatic rings. The number of hydrogen-bond acceptors (Lipinski definition) is 2. The van der Waals surface area contributed by atoms with Crippen molar-refractivity contribution in [2.45, 2.75) is 17.8 Å². The third kappa shape index (κ3) is 5.35. The molecule has 2 heteroatoms. The smallest absolute Gasteiger partial charge is 0.159 e. The van der Waals surface area contributed by atoms with Crippen molar-refractivity contribution in [3.63, 3.8) is 0 Å². The number of furan rings is 1. The Morgan fingerprint density at radius 1 is 0.338 bits per heavy atom. The van der Waals surface area contributed by atoms with E-state index < -0.39 is 10.8 Å². The second-order valence-electron chi connectivity index (χ2n) is 17.7. The molecule has 0 N–H and O–H groups in total. The summed E-state index contributed by atoms with van der Waals surface area (Å²) in [5, 5.41) is 2.20. The van der Waals surface area contributed by atoms with E-state index in [0.29, 0.717) is 0 Å². The van der Waals surface area contributed by atoms with Crippen LogP contribution in [-0.2, 0) is 10.8 Å². The highest BCUT2D eigenvalue weighted by molar-refractivity contribution is 6.12. The lowest BCUT2D eigenvalue weighted by molar-refractivity contribution is 0.638. The Labute approximate surface area is 379 Å².